The van der Waals surface area contributed by atoms with Crippen molar-refractivity contribution in [1.82, 2.24) is 5.32 Å². The van der Waals surface area contributed by atoms with Gasteiger partial charge in [0.25, 0.3) is 0 Å². The Morgan fingerprint density at radius 1 is 1.35 bits per heavy atom. The maximum Gasteiger partial charge on any atom is 0.239 e. The fourth-order valence-electron chi connectivity index (χ4n) is 1.26. The zero-order valence-corrected chi connectivity index (χ0v) is 11.8. The van der Waals surface area contributed by atoms with Crippen LogP contribution in [0.5, 0.6) is 0 Å². The van der Waals surface area contributed by atoms with Crippen molar-refractivity contribution in [2.45, 2.75) is 31.3 Å². The number of hydrogen-bond donors (Lipinski definition) is 2. The van der Waals surface area contributed by atoms with Gasteiger partial charge in [0, 0.05) is 23.2 Å². The van der Waals surface area contributed by atoms with Gasteiger partial charge in [-0.1, -0.05) is 37.0 Å². The highest BCUT2D eigenvalue weighted by Crippen LogP contribution is 2.30. The summed E-state index contributed by atoms with van der Waals surface area (Å²) in [7, 11) is -3.83. The summed E-state index contributed by atoms with van der Waals surface area (Å²) in [4.78, 5) is -0.107. The van der Waals surface area contributed by atoms with Crippen LogP contribution in [0.1, 0.15) is 19.4 Å². The summed E-state index contributed by atoms with van der Waals surface area (Å²) >= 11 is 12.0. The molecule has 96 valence electrons. The Bertz CT molecular complexity index is 515. The third-order valence-electron chi connectivity index (χ3n) is 2.14. The molecule has 0 unspecified atom stereocenters. The summed E-state index contributed by atoms with van der Waals surface area (Å²) in [6, 6.07) is 3.02. The third kappa shape index (κ3) is 3.82. The van der Waals surface area contributed by atoms with Gasteiger partial charge in [-0.05, 0) is 12.1 Å². The predicted molar refractivity (Wildman–Crippen MR) is 69.8 cm³/mol. The number of halogens is 2. The molecule has 1 aromatic rings. The fraction of sp³-hybridized carbons (Fsp3) is 0.400. The van der Waals surface area contributed by atoms with Crippen molar-refractivity contribution in [3.8, 4) is 0 Å². The van der Waals surface area contributed by atoms with Crippen molar-refractivity contribution in [2.24, 2.45) is 5.14 Å². The average molecular weight is 297 g/mol. The molecule has 7 heteroatoms. The summed E-state index contributed by atoms with van der Waals surface area (Å²) in [6.45, 7) is 4.31. The van der Waals surface area contributed by atoms with Gasteiger partial charge in [-0.2, -0.15) is 0 Å². The van der Waals surface area contributed by atoms with Crippen LogP contribution in [-0.2, 0) is 16.6 Å². The van der Waals surface area contributed by atoms with Gasteiger partial charge in [0.1, 0.15) is 4.90 Å². The Kier molecular flexibility index (Phi) is 4.80. The third-order valence-corrected chi connectivity index (χ3v) is 4.00. The fourth-order valence-corrected chi connectivity index (χ4v) is 2.72. The standard InChI is InChI=1S/C10H14Cl2N2O2S/c1-6(2)14-5-7-8(11)3-4-9(10(7)12)17(13,15)16/h3-4,6,14H,5H2,1-2H3,(H2,13,15,16). The van der Waals surface area contributed by atoms with E-state index in [-0.39, 0.29) is 16.0 Å². The van der Waals surface area contributed by atoms with E-state index in [2.05, 4.69) is 5.32 Å². The van der Waals surface area contributed by atoms with E-state index in [1.807, 2.05) is 13.8 Å². The van der Waals surface area contributed by atoms with Gasteiger partial charge >= 0.3 is 0 Å². The van der Waals surface area contributed by atoms with E-state index >= 15 is 0 Å². The molecule has 0 radical (unpaired) electrons. The predicted octanol–water partition coefficient (Wildman–Crippen LogP) is 2.14. The van der Waals surface area contributed by atoms with E-state index in [1.165, 1.54) is 12.1 Å². The number of rotatable bonds is 4. The van der Waals surface area contributed by atoms with Crippen LogP contribution >= 0.6 is 23.2 Å². The van der Waals surface area contributed by atoms with Gasteiger partial charge in [-0.15, -0.1) is 0 Å². The maximum absolute atomic E-state index is 11.3. The highest BCUT2D eigenvalue weighted by atomic mass is 35.5. The molecule has 17 heavy (non-hydrogen) atoms. The first kappa shape index (κ1) is 14.7. The molecule has 1 aromatic carbocycles. The minimum atomic E-state index is -3.83. The molecule has 0 aromatic heterocycles. The molecule has 0 aliphatic heterocycles. The molecule has 0 amide bonds. The van der Waals surface area contributed by atoms with Gasteiger partial charge < -0.3 is 5.32 Å². The minimum absolute atomic E-state index is 0.0770. The lowest BCUT2D eigenvalue weighted by Crippen LogP contribution is -2.23. The number of sulfonamides is 1. The average Bonchev–Trinajstić information content (AvgIpc) is 2.14. The normalized spacial score (nSPS) is 12.1. The van der Waals surface area contributed by atoms with Crippen molar-refractivity contribution >= 4 is 33.2 Å². The maximum atomic E-state index is 11.3. The monoisotopic (exact) mass is 296 g/mol. The molecule has 0 aliphatic rings. The number of nitrogens with two attached hydrogens (primary N) is 1. The van der Waals surface area contributed by atoms with E-state index in [4.69, 9.17) is 28.3 Å². The first-order chi connectivity index (χ1) is 7.73. The molecular weight excluding hydrogens is 283 g/mol. The van der Waals surface area contributed by atoms with Gasteiger partial charge in [0.05, 0.1) is 5.02 Å². The highest BCUT2D eigenvalue weighted by Gasteiger charge is 2.18. The van der Waals surface area contributed by atoms with Crippen LogP contribution in [0.25, 0.3) is 0 Å². The lowest BCUT2D eigenvalue weighted by molar-refractivity contribution is 0.587. The van der Waals surface area contributed by atoms with Crippen LogP contribution in [0, 0.1) is 0 Å². The van der Waals surface area contributed by atoms with Crippen molar-refractivity contribution in [2.75, 3.05) is 0 Å². The molecule has 0 saturated heterocycles. The van der Waals surface area contributed by atoms with E-state index < -0.39 is 10.0 Å². The first-order valence-corrected chi connectivity index (χ1v) is 7.26. The molecule has 0 aliphatic carbocycles. The van der Waals surface area contributed by atoms with Gasteiger partial charge in [0.2, 0.25) is 10.0 Å². The Morgan fingerprint density at radius 3 is 2.41 bits per heavy atom. The van der Waals surface area contributed by atoms with Crippen LogP contribution in [-0.4, -0.2) is 14.5 Å². The second-order valence-electron chi connectivity index (χ2n) is 3.92. The Labute approximate surface area is 111 Å². The Balaban J connectivity index is 3.21. The van der Waals surface area contributed by atoms with Crippen LogP contribution < -0.4 is 10.5 Å². The van der Waals surface area contributed by atoms with E-state index in [9.17, 15) is 8.42 Å². The molecule has 0 saturated carbocycles. The molecule has 0 atom stereocenters. The van der Waals surface area contributed by atoms with Gasteiger partial charge in [-0.3, -0.25) is 0 Å². The van der Waals surface area contributed by atoms with E-state index in [0.717, 1.165) is 0 Å². The second-order valence-corrected chi connectivity index (χ2v) is 6.23. The summed E-state index contributed by atoms with van der Waals surface area (Å²) in [5.41, 5.74) is 0.536. The molecular formula is C10H14Cl2N2O2S. The van der Waals surface area contributed by atoms with Gasteiger partial charge in [-0.25, -0.2) is 13.6 Å². The van der Waals surface area contributed by atoms with Crippen LogP contribution in [0.3, 0.4) is 0 Å². The van der Waals surface area contributed by atoms with E-state index in [1.54, 1.807) is 0 Å². The molecule has 1 rings (SSSR count). The lowest BCUT2D eigenvalue weighted by atomic mass is 10.2. The SMILES string of the molecule is CC(C)NCc1c(Cl)ccc(S(N)(=O)=O)c1Cl. The van der Waals surface area contributed by atoms with Crippen molar-refractivity contribution in [1.29, 1.82) is 0 Å². The van der Waals surface area contributed by atoms with E-state index in [0.29, 0.717) is 17.1 Å². The molecule has 4 nitrogen and oxygen atoms in total. The molecule has 0 spiro atoms. The zero-order chi connectivity index (χ0) is 13.2. The topological polar surface area (TPSA) is 72.2 Å². The van der Waals surface area contributed by atoms with Crippen LogP contribution in [0.4, 0.5) is 0 Å². The number of nitrogens with one attached hydrogen (secondary N) is 1. The lowest BCUT2D eigenvalue weighted by Gasteiger charge is -2.13. The smallest absolute Gasteiger partial charge is 0.239 e. The van der Waals surface area contributed by atoms with Crippen molar-refractivity contribution < 1.29 is 8.42 Å². The minimum Gasteiger partial charge on any atom is -0.310 e. The summed E-state index contributed by atoms with van der Waals surface area (Å²) in [6.07, 6.45) is 0. The Hall–Kier alpha value is -0.330. The molecule has 0 fully saturated rings. The molecule has 0 bridgehead atoms. The van der Waals surface area contributed by atoms with Crippen LogP contribution in [0.2, 0.25) is 10.0 Å². The zero-order valence-electron chi connectivity index (χ0n) is 9.50. The van der Waals surface area contributed by atoms with Gasteiger partial charge in [0.15, 0.2) is 0 Å². The number of benzene rings is 1. The van der Waals surface area contributed by atoms with Crippen molar-refractivity contribution in [3.63, 3.8) is 0 Å². The summed E-state index contributed by atoms with van der Waals surface area (Å²) in [5, 5.41) is 8.66. The second kappa shape index (κ2) is 5.54. The molecule has 0 heterocycles. The van der Waals surface area contributed by atoms with Crippen LogP contribution in [0.15, 0.2) is 17.0 Å². The molecule has 3 N–H and O–H groups in total. The number of primary sulfonamides is 1. The highest BCUT2D eigenvalue weighted by molar-refractivity contribution is 7.89. The number of hydrogen-bond acceptors (Lipinski definition) is 3. The van der Waals surface area contributed by atoms with Crippen molar-refractivity contribution in [3.05, 3.63) is 27.7 Å². The summed E-state index contributed by atoms with van der Waals surface area (Å²) < 4.78 is 22.6. The Morgan fingerprint density at radius 2 is 1.94 bits per heavy atom. The largest absolute Gasteiger partial charge is 0.310 e. The quantitative estimate of drug-likeness (QED) is 0.894. The first-order valence-electron chi connectivity index (χ1n) is 4.96. The summed E-state index contributed by atoms with van der Waals surface area (Å²) in [5.74, 6) is 0.